The van der Waals surface area contributed by atoms with Crippen molar-refractivity contribution in [1.82, 2.24) is 82.6 Å². The van der Waals surface area contributed by atoms with Crippen LogP contribution >= 0.6 is 0 Å². The first kappa shape index (κ1) is 97.9. The van der Waals surface area contributed by atoms with Crippen LogP contribution in [0.2, 0.25) is 0 Å². The number of aromatic nitrogens is 12. The number of nitrogens with zero attached hydrogens (tertiary/aromatic N) is 20. The molecule has 28 heteroatoms. The van der Waals surface area contributed by atoms with Crippen LogP contribution in [-0.2, 0) is 50.1 Å². The number of carbonyl (C=O) groups is 5. The fourth-order valence-electron chi connectivity index (χ4n) is 22.6. The average molecular weight is 1840 g/mol. The van der Waals surface area contributed by atoms with E-state index in [1.165, 1.54) is 77.0 Å². The highest BCUT2D eigenvalue weighted by molar-refractivity contribution is 5.83. The van der Waals surface area contributed by atoms with Gasteiger partial charge in [0, 0.05) is 209 Å². The summed E-state index contributed by atoms with van der Waals surface area (Å²) in [5.74, 6) is 4.55. The summed E-state index contributed by atoms with van der Waals surface area (Å²) in [6, 6.07) is 38.4. The number of aryl methyl sites for hydroxylation is 5. The third-order valence-electron chi connectivity index (χ3n) is 29.7. The van der Waals surface area contributed by atoms with Crippen molar-refractivity contribution in [3.05, 3.63) is 151 Å². The number of alkyl halides is 2. The SMILES string of the molecule is CCN(C(=O)CCn1c(C2CCC(C)N(c3ncccn3)C2)nc2ccccc21)C1CCCCC1.CCN(C(=O)CCn1c(C2CCCN(C(=O)OC(C)C)C2)nc2ccccc21)C1CCCCC1.CCN(C(=O)CCn1c(C2CCCN(c3nccc(C)n3)C2)nc2ccccc21)C1CCCCC1.CCN(C(=O)CCn1c(N2CCC(F)(F)CC2)nc2ccccc21)C1CCCCC1. The molecule has 4 aromatic carbocycles. The van der Waals surface area contributed by atoms with Crippen LogP contribution in [0, 0.1) is 6.92 Å². The lowest BCUT2D eigenvalue weighted by molar-refractivity contribution is -0.135. The van der Waals surface area contributed by atoms with Gasteiger partial charge in [0.25, 0.3) is 5.92 Å². The summed E-state index contributed by atoms with van der Waals surface area (Å²) in [7, 11) is 0. The van der Waals surface area contributed by atoms with Gasteiger partial charge < -0.3 is 62.2 Å². The minimum absolute atomic E-state index is 0.130. The predicted octanol–water partition coefficient (Wildman–Crippen LogP) is 20.4. The third-order valence-corrected chi connectivity index (χ3v) is 29.7. The summed E-state index contributed by atoms with van der Waals surface area (Å²) in [5, 5.41) is 0. The second kappa shape index (κ2) is 47.2. The molecule has 18 rings (SSSR count). The number of carbonyl (C=O) groups excluding carboxylic acids is 5. The standard InChI is InChI=1S/2C28H38N6O.C27H40N4O3.C23H32F2N4O/c1-3-33(23-11-5-4-6-12-23)26(35)16-19-34-25-14-8-7-13-24(25)31-27(34)22-10-9-18-32(20-22)28-29-17-15-21(2)30-28;1-3-32(23-10-5-4-6-11-23)26(35)16-19-33-25-13-8-7-12-24(25)31-27(33)22-15-14-21(2)34(20-22)28-29-17-9-18-30-28;1-4-30(22-12-6-5-7-13-22)25(32)16-18-31-24-15-9-8-14-23(24)28-26(31)21-11-10-17-29(19-21)27(33)34-20(2)3;1-2-28(18-8-4-3-5-9-18)21(30)12-15-29-20-11-7-6-10-19(20)26-22(29)27-16-13-23(24,25)14-17-27/h7-8,13-15,17,22-23H,3-6,9-12,16,18-20H2,1-2H3;7-9,12-13,17-18,21-23H,3-6,10-11,14-16,19-20H2,1-2H3;8-9,14-15,20-22H,4-7,10-13,16-19H2,1-3H3;6-7,10-11,18H,2-5,8-9,12-17H2,1H3. The van der Waals surface area contributed by atoms with E-state index in [9.17, 15) is 32.8 Å². The highest BCUT2D eigenvalue weighted by atomic mass is 19.3. The van der Waals surface area contributed by atoms with Crippen molar-refractivity contribution in [2.75, 3.05) is 86.7 Å². The number of rotatable bonds is 27. The first-order chi connectivity index (χ1) is 65.2. The van der Waals surface area contributed by atoms with Gasteiger partial charge in [0.15, 0.2) is 0 Å². The van der Waals surface area contributed by atoms with Gasteiger partial charge in [-0.25, -0.2) is 53.4 Å². The Kier molecular flexibility index (Phi) is 34.5. The van der Waals surface area contributed by atoms with E-state index in [0.29, 0.717) is 101 Å². The molecule has 8 fully saturated rings. The number of ether oxygens (including phenoxy) is 1. The first-order valence-electron chi connectivity index (χ1n) is 51.4. The first-order valence-corrected chi connectivity index (χ1v) is 51.4. The summed E-state index contributed by atoms with van der Waals surface area (Å²) in [5.41, 5.74) is 9.07. The maximum atomic E-state index is 13.7. The van der Waals surface area contributed by atoms with Crippen LogP contribution in [0.3, 0.4) is 0 Å². The second-order valence-electron chi connectivity index (χ2n) is 38.9. The van der Waals surface area contributed by atoms with Gasteiger partial charge in [-0.2, -0.15) is 0 Å². The Morgan fingerprint density at radius 2 is 0.769 bits per heavy atom. The number of amides is 5. The molecule has 0 N–H and O–H groups in total. The maximum absolute atomic E-state index is 13.7. The van der Waals surface area contributed by atoms with Crippen LogP contribution in [0.1, 0.15) is 295 Å². The van der Waals surface area contributed by atoms with Crippen molar-refractivity contribution in [2.45, 2.75) is 347 Å². The Balaban J connectivity index is 0.000000136. The lowest BCUT2D eigenvalue weighted by Gasteiger charge is -2.38. The Morgan fingerprint density at radius 1 is 0.396 bits per heavy atom. The van der Waals surface area contributed by atoms with Gasteiger partial charge >= 0.3 is 6.09 Å². The largest absolute Gasteiger partial charge is 0.447 e. The smallest absolute Gasteiger partial charge is 0.410 e. The molecule has 4 aliphatic heterocycles. The molecule has 134 heavy (non-hydrogen) atoms. The molecule has 5 amide bonds. The molecule has 4 saturated carbocycles. The molecule has 722 valence electrons. The molecular weight excluding hydrogens is 1690 g/mol. The lowest BCUT2D eigenvalue weighted by atomic mass is 9.93. The van der Waals surface area contributed by atoms with E-state index in [4.69, 9.17) is 24.7 Å². The molecule has 0 radical (unpaired) electrons. The molecule has 4 unspecified atom stereocenters. The summed E-state index contributed by atoms with van der Waals surface area (Å²) in [6.07, 6.45) is 36.9. The Labute approximate surface area is 792 Å². The fraction of sp³-hybridized carbons (Fsp3) is 0.613. The number of benzene rings is 4. The maximum Gasteiger partial charge on any atom is 0.410 e. The van der Waals surface area contributed by atoms with Crippen LogP contribution < -0.4 is 14.7 Å². The zero-order chi connectivity index (χ0) is 93.6. The van der Waals surface area contributed by atoms with E-state index in [0.717, 1.165) is 215 Å². The normalized spacial score (nSPS) is 20.0. The monoisotopic (exact) mass is 1840 g/mol. The number of anilines is 3. The van der Waals surface area contributed by atoms with Crippen LogP contribution in [0.15, 0.2) is 128 Å². The van der Waals surface area contributed by atoms with E-state index in [1.807, 2.05) is 125 Å². The minimum Gasteiger partial charge on any atom is -0.447 e. The van der Waals surface area contributed by atoms with Gasteiger partial charge in [0.2, 0.25) is 41.5 Å². The van der Waals surface area contributed by atoms with Gasteiger partial charge in [0.05, 0.1) is 50.2 Å². The quantitative estimate of drug-likeness (QED) is 0.0464. The minimum atomic E-state index is -2.59. The highest BCUT2D eigenvalue weighted by Crippen LogP contribution is 2.39. The molecule has 4 atom stereocenters. The van der Waals surface area contributed by atoms with Crippen molar-refractivity contribution in [3.63, 3.8) is 0 Å². The van der Waals surface area contributed by atoms with Gasteiger partial charge in [-0.1, -0.05) is 126 Å². The number of imidazole rings is 4. The van der Waals surface area contributed by atoms with Crippen molar-refractivity contribution < 1.29 is 37.5 Å². The van der Waals surface area contributed by atoms with Crippen molar-refractivity contribution >= 4 is 91.7 Å². The van der Waals surface area contributed by atoms with E-state index in [-0.39, 0.29) is 79.5 Å². The van der Waals surface area contributed by atoms with Crippen molar-refractivity contribution in [3.8, 4) is 0 Å². The number of halogens is 2. The zero-order valence-electron chi connectivity index (χ0n) is 81.2. The summed E-state index contributed by atoms with van der Waals surface area (Å²) < 4.78 is 41.7. The van der Waals surface area contributed by atoms with Gasteiger partial charge in [0.1, 0.15) is 17.5 Å². The zero-order valence-corrected chi connectivity index (χ0v) is 81.2. The molecule has 4 aliphatic carbocycles. The Morgan fingerprint density at radius 3 is 1.18 bits per heavy atom. The topological polar surface area (TPSA) is 243 Å². The van der Waals surface area contributed by atoms with E-state index < -0.39 is 5.92 Å². The average Bonchev–Trinajstić information content (AvgIpc) is 1.65. The van der Waals surface area contributed by atoms with Crippen LogP contribution in [0.5, 0.6) is 0 Å². The van der Waals surface area contributed by atoms with Crippen LogP contribution in [-0.4, -0.2) is 227 Å². The fourth-order valence-corrected chi connectivity index (χ4v) is 22.6. The molecule has 0 bridgehead atoms. The highest BCUT2D eigenvalue weighted by Gasteiger charge is 2.39. The summed E-state index contributed by atoms with van der Waals surface area (Å²) in [4.78, 5) is 120. The van der Waals surface area contributed by atoms with Crippen LogP contribution in [0.4, 0.5) is 31.4 Å². The number of hydrogen-bond donors (Lipinski definition) is 0. The Bertz CT molecular complexity index is 5450. The Hall–Kier alpha value is -10.7. The van der Waals surface area contributed by atoms with E-state index >= 15 is 0 Å². The molecular formula is C106H148F2N20O6. The molecule has 4 saturated heterocycles. The van der Waals surface area contributed by atoms with Gasteiger partial charge in [-0.3, -0.25) is 19.2 Å². The number of likely N-dealkylation sites (tertiary alicyclic amines) is 1. The van der Waals surface area contributed by atoms with Gasteiger partial charge in [-0.15, -0.1) is 0 Å². The molecule has 10 aromatic rings. The molecule has 8 aliphatic rings. The summed E-state index contributed by atoms with van der Waals surface area (Å²) >= 11 is 0. The van der Waals surface area contributed by atoms with E-state index in [2.05, 4.69) is 135 Å². The number of para-hydroxylation sites is 8. The van der Waals surface area contributed by atoms with Gasteiger partial charge in [-0.05, 0) is 206 Å². The number of fused-ring (bicyclic) bond motifs is 4. The predicted molar refractivity (Wildman–Crippen MR) is 528 cm³/mol. The summed E-state index contributed by atoms with van der Waals surface area (Å²) in [6.45, 7) is 26.5. The molecule has 0 spiro atoms. The number of hydrogen-bond acceptors (Lipinski definition) is 17. The lowest BCUT2D eigenvalue weighted by Crippen LogP contribution is -2.43. The molecule has 26 nitrogen and oxygen atoms in total. The number of piperidine rings is 4. The van der Waals surface area contributed by atoms with Crippen LogP contribution in [0.25, 0.3) is 44.1 Å². The van der Waals surface area contributed by atoms with Crippen molar-refractivity contribution in [1.29, 1.82) is 0 Å². The van der Waals surface area contributed by atoms with Crippen molar-refractivity contribution in [2.24, 2.45) is 0 Å². The molecule has 10 heterocycles. The third kappa shape index (κ3) is 24.4. The molecule has 6 aromatic heterocycles. The second-order valence-corrected chi connectivity index (χ2v) is 38.9. The van der Waals surface area contributed by atoms with E-state index in [1.54, 1.807) is 0 Å².